The van der Waals surface area contributed by atoms with Gasteiger partial charge >= 0.3 is 0 Å². The topological polar surface area (TPSA) is 58.9 Å². The smallest absolute Gasteiger partial charge is 0.293 e. The van der Waals surface area contributed by atoms with Gasteiger partial charge in [0.15, 0.2) is 0 Å². The molecule has 1 aromatic carbocycles. The average Bonchev–Trinajstić information content (AvgIpc) is 2.17. The Morgan fingerprint density at radius 1 is 1.38 bits per heavy atom. The van der Waals surface area contributed by atoms with Crippen LogP contribution in [-0.2, 0) is 16.1 Å². The molecule has 0 unspecified atom stereocenters. The standard InChI is InChI=1S/C9H9NO3/c11-7-13-6-9-3-1-8(2-4-9)5-10-12/h1-5,7,12H,6H2/b10-5+. The van der Waals surface area contributed by atoms with Crippen molar-refractivity contribution < 1.29 is 14.7 Å². The molecule has 0 aromatic heterocycles. The molecule has 0 atom stereocenters. The number of rotatable bonds is 4. The molecule has 0 saturated carbocycles. The molecular formula is C9H9NO3. The molecule has 0 heterocycles. The van der Waals surface area contributed by atoms with E-state index in [1.54, 1.807) is 24.3 Å². The van der Waals surface area contributed by atoms with E-state index >= 15 is 0 Å². The summed E-state index contributed by atoms with van der Waals surface area (Å²) in [4.78, 5) is 9.87. The van der Waals surface area contributed by atoms with Crippen molar-refractivity contribution in [2.75, 3.05) is 0 Å². The summed E-state index contributed by atoms with van der Waals surface area (Å²) < 4.78 is 4.56. The molecule has 0 radical (unpaired) electrons. The van der Waals surface area contributed by atoms with E-state index < -0.39 is 0 Å². The fourth-order valence-electron chi connectivity index (χ4n) is 0.897. The highest BCUT2D eigenvalue weighted by Gasteiger charge is 1.92. The number of carbonyl (C=O) groups is 1. The number of carbonyl (C=O) groups excluding carboxylic acids is 1. The van der Waals surface area contributed by atoms with Crippen LogP contribution in [0.5, 0.6) is 0 Å². The molecule has 1 N–H and O–H groups in total. The fourth-order valence-corrected chi connectivity index (χ4v) is 0.897. The fraction of sp³-hybridized carbons (Fsp3) is 0.111. The van der Waals surface area contributed by atoms with Gasteiger partial charge in [0.05, 0.1) is 6.21 Å². The SMILES string of the molecule is O=COCc1ccc(/C=N/O)cc1. The maximum Gasteiger partial charge on any atom is 0.293 e. The molecule has 0 aliphatic carbocycles. The van der Waals surface area contributed by atoms with Gasteiger partial charge in [0.2, 0.25) is 0 Å². The van der Waals surface area contributed by atoms with Crippen LogP contribution >= 0.6 is 0 Å². The highest BCUT2D eigenvalue weighted by molar-refractivity contribution is 5.78. The minimum atomic E-state index is 0.264. The highest BCUT2D eigenvalue weighted by Crippen LogP contribution is 2.03. The second kappa shape index (κ2) is 4.92. The summed E-state index contributed by atoms with van der Waals surface area (Å²) in [6.07, 6.45) is 1.32. The summed E-state index contributed by atoms with van der Waals surface area (Å²) in [5.74, 6) is 0. The third-order valence-electron chi connectivity index (χ3n) is 1.50. The number of hydrogen-bond donors (Lipinski definition) is 1. The molecule has 1 rings (SSSR count). The molecule has 0 aliphatic rings. The monoisotopic (exact) mass is 179 g/mol. The van der Waals surface area contributed by atoms with Crippen LogP contribution in [0.15, 0.2) is 29.4 Å². The summed E-state index contributed by atoms with van der Waals surface area (Å²) in [5, 5.41) is 11.1. The van der Waals surface area contributed by atoms with Gasteiger partial charge in [0.1, 0.15) is 6.61 Å². The van der Waals surface area contributed by atoms with Gasteiger partial charge in [-0.2, -0.15) is 0 Å². The Morgan fingerprint density at radius 2 is 2.08 bits per heavy atom. The minimum Gasteiger partial charge on any atom is -0.463 e. The van der Waals surface area contributed by atoms with Crippen molar-refractivity contribution in [3.8, 4) is 0 Å². The number of hydrogen-bond acceptors (Lipinski definition) is 4. The first-order valence-electron chi connectivity index (χ1n) is 3.68. The molecule has 0 spiro atoms. The Bertz CT molecular complexity index is 292. The Labute approximate surface area is 75.4 Å². The lowest BCUT2D eigenvalue weighted by Gasteiger charge is -1.98. The molecule has 0 saturated heterocycles. The predicted molar refractivity (Wildman–Crippen MR) is 46.7 cm³/mol. The lowest BCUT2D eigenvalue weighted by molar-refractivity contribution is -0.129. The lowest BCUT2D eigenvalue weighted by atomic mass is 10.1. The van der Waals surface area contributed by atoms with E-state index in [0.29, 0.717) is 6.47 Å². The van der Waals surface area contributed by atoms with Crippen molar-refractivity contribution in [1.82, 2.24) is 0 Å². The van der Waals surface area contributed by atoms with E-state index in [4.69, 9.17) is 5.21 Å². The Kier molecular flexibility index (Phi) is 3.50. The van der Waals surface area contributed by atoms with Gasteiger partial charge in [-0.15, -0.1) is 0 Å². The molecule has 1 aromatic rings. The van der Waals surface area contributed by atoms with E-state index in [2.05, 4.69) is 9.89 Å². The van der Waals surface area contributed by atoms with Crippen LogP contribution < -0.4 is 0 Å². The molecule has 4 heteroatoms. The van der Waals surface area contributed by atoms with Gasteiger partial charge < -0.3 is 9.94 Å². The summed E-state index contributed by atoms with van der Waals surface area (Å²) in [6, 6.07) is 7.12. The zero-order chi connectivity index (χ0) is 9.52. The minimum absolute atomic E-state index is 0.264. The summed E-state index contributed by atoms with van der Waals surface area (Å²) in [6.45, 7) is 0.670. The van der Waals surface area contributed by atoms with Crippen LogP contribution in [-0.4, -0.2) is 17.9 Å². The lowest BCUT2D eigenvalue weighted by Crippen LogP contribution is -1.90. The number of oxime groups is 1. The van der Waals surface area contributed by atoms with Crippen molar-refractivity contribution in [2.45, 2.75) is 6.61 Å². The molecule has 68 valence electrons. The van der Waals surface area contributed by atoms with Gasteiger partial charge in [-0.1, -0.05) is 29.4 Å². The molecular weight excluding hydrogens is 170 g/mol. The van der Waals surface area contributed by atoms with Gasteiger partial charge in [-0.3, -0.25) is 4.79 Å². The largest absolute Gasteiger partial charge is 0.463 e. The molecule has 0 amide bonds. The quantitative estimate of drug-likeness (QED) is 0.326. The van der Waals surface area contributed by atoms with E-state index in [-0.39, 0.29) is 6.61 Å². The first kappa shape index (κ1) is 9.25. The van der Waals surface area contributed by atoms with Crippen LogP contribution in [0.4, 0.5) is 0 Å². The van der Waals surface area contributed by atoms with Crippen LogP contribution in [0, 0.1) is 0 Å². The normalized spacial score (nSPS) is 10.2. The highest BCUT2D eigenvalue weighted by atomic mass is 16.5. The van der Waals surface area contributed by atoms with Crippen LogP contribution in [0.3, 0.4) is 0 Å². The molecule has 4 nitrogen and oxygen atoms in total. The van der Waals surface area contributed by atoms with Gasteiger partial charge in [-0.25, -0.2) is 0 Å². The van der Waals surface area contributed by atoms with Gasteiger partial charge in [-0.05, 0) is 11.1 Å². The van der Waals surface area contributed by atoms with Crippen molar-refractivity contribution >= 4 is 12.7 Å². The maximum atomic E-state index is 9.87. The zero-order valence-corrected chi connectivity index (χ0v) is 6.88. The molecule has 0 fully saturated rings. The van der Waals surface area contributed by atoms with Crippen molar-refractivity contribution in [3.63, 3.8) is 0 Å². The number of ether oxygens (including phenoxy) is 1. The third kappa shape index (κ3) is 2.94. The summed E-state index contributed by atoms with van der Waals surface area (Å²) in [5.41, 5.74) is 1.68. The second-order valence-electron chi connectivity index (χ2n) is 2.39. The summed E-state index contributed by atoms with van der Waals surface area (Å²) >= 11 is 0. The van der Waals surface area contributed by atoms with Gasteiger partial charge in [0.25, 0.3) is 6.47 Å². The predicted octanol–water partition coefficient (Wildman–Crippen LogP) is 1.17. The molecule has 0 aliphatic heterocycles. The van der Waals surface area contributed by atoms with E-state index in [1.807, 2.05) is 0 Å². The van der Waals surface area contributed by atoms with Crippen molar-refractivity contribution in [2.24, 2.45) is 5.16 Å². The van der Waals surface area contributed by atoms with Crippen molar-refractivity contribution in [1.29, 1.82) is 0 Å². The Balaban J connectivity index is 2.63. The Hall–Kier alpha value is -1.84. The van der Waals surface area contributed by atoms with Crippen molar-refractivity contribution in [3.05, 3.63) is 35.4 Å². The summed E-state index contributed by atoms with van der Waals surface area (Å²) in [7, 11) is 0. The second-order valence-corrected chi connectivity index (χ2v) is 2.39. The van der Waals surface area contributed by atoms with E-state index in [9.17, 15) is 4.79 Å². The first-order valence-corrected chi connectivity index (χ1v) is 3.68. The van der Waals surface area contributed by atoms with E-state index in [1.165, 1.54) is 6.21 Å². The van der Waals surface area contributed by atoms with Crippen LogP contribution in [0.2, 0.25) is 0 Å². The average molecular weight is 179 g/mol. The van der Waals surface area contributed by atoms with Crippen LogP contribution in [0.25, 0.3) is 0 Å². The number of nitrogens with zero attached hydrogens (tertiary/aromatic N) is 1. The Morgan fingerprint density at radius 3 is 2.62 bits per heavy atom. The molecule has 0 bridgehead atoms. The first-order chi connectivity index (χ1) is 6.36. The third-order valence-corrected chi connectivity index (χ3v) is 1.50. The number of benzene rings is 1. The van der Waals surface area contributed by atoms with Gasteiger partial charge in [0, 0.05) is 0 Å². The zero-order valence-electron chi connectivity index (χ0n) is 6.88. The molecule has 13 heavy (non-hydrogen) atoms. The van der Waals surface area contributed by atoms with Crippen LogP contribution in [0.1, 0.15) is 11.1 Å². The maximum absolute atomic E-state index is 9.87. The van der Waals surface area contributed by atoms with E-state index in [0.717, 1.165) is 11.1 Å².